The van der Waals surface area contributed by atoms with Crippen LogP contribution in [0.15, 0.2) is 0 Å². The molecule has 0 atom stereocenters. The molecule has 0 saturated carbocycles. The van der Waals surface area contributed by atoms with E-state index in [1.165, 1.54) is 142 Å². The topological polar surface area (TPSA) is 29.3 Å². The van der Waals surface area contributed by atoms with E-state index in [-0.39, 0.29) is 0 Å². The van der Waals surface area contributed by atoms with Gasteiger partial charge in [0.25, 0.3) is 0 Å². The van der Waals surface area contributed by atoms with Crippen molar-refractivity contribution in [2.45, 2.75) is 136 Å². The molecule has 0 bridgehead atoms. The van der Waals surface area contributed by atoms with Gasteiger partial charge in [-0.3, -0.25) is 0 Å². The molecule has 0 heterocycles. The Hall–Kier alpha value is -0.0800. The Labute approximate surface area is 173 Å². The average molecular weight is 383 g/mol. The molecule has 0 aromatic rings. The summed E-state index contributed by atoms with van der Waals surface area (Å²) >= 11 is 0. The van der Waals surface area contributed by atoms with E-state index in [0.29, 0.717) is 0 Å². The molecule has 0 aliphatic heterocycles. The highest BCUT2D eigenvalue weighted by atomic mass is 15.1. The Morgan fingerprint density at radius 3 is 1.04 bits per heavy atom. The van der Waals surface area contributed by atoms with Crippen LogP contribution in [0.1, 0.15) is 136 Å². The molecule has 0 spiro atoms. The van der Waals surface area contributed by atoms with Gasteiger partial charge in [0.1, 0.15) is 0 Å². The molecule has 0 fully saturated rings. The lowest BCUT2D eigenvalue weighted by Gasteiger charge is -2.21. The molecule has 0 aliphatic rings. The van der Waals surface area contributed by atoms with Gasteiger partial charge in [0.05, 0.1) is 0 Å². The predicted molar refractivity (Wildman–Crippen MR) is 125 cm³/mol. The minimum Gasteiger partial charge on any atom is -0.330 e. The number of unbranched alkanes of at least 4 members (excludes halogenated alkanes) is 16. The van der Waals surface area contributed by atoms with Gasteiger partial charge >= 0.3 is 0 Å². The van der Waals surface area contributed by atoms with E-state index in [0.717, 1.165) is 6.54 Å². The summed E-state index contributed by atoms with van der Waals surface area (Å²) in [6, 6.07) is 0. The third-order valence-electron chi connectivity index (χ3n) is 5.83. The summed E-state index contributed by atoms with van der Waals surface area (Å²) in [5.41, 5.74) is 5.52. The zero-order valence-corrected chi connectivity index (χ0v) is 19.3. The van der Waals surface area contributed by atoms with Crippen molar-refractivity contribution >= 4 is 0 Å². The average Bonchev–Trinajstić information content (AvgIpc) is 2.69. The SMILES string of the molecule is CCCCN(CCCC)CCCCCCCCCCCCCCCCCN. The normalized spacial score (nSPS) is 11.6. The van der Waals surface area contributed by atoms with E-state index in [2.05, 4.69) is 18.7 Å². The quantitative estimate of drug-likeness (QED) is 0.183. The minimum atomic E-state index is 0.871. The number of nitrogens with zero attached hydrogens (tertiary/aromatic N) is 1. The van der Waals surface area contributed by atoms with E-state index in [1.54, 1.807) is 0 Å². The summed E-state index contributed by atoms with van der Waals surface area (Å²) in [6.45, 7) is 9.47. The van der Waals surface area contributed by atoms with E-state index in [1.807, 2.05) is 0 Å². The molecular formula is C25H54N2. The van der Waals surface area contributed by atoms with Crippen molar-refractivity contribution in [1.82, 2.24) is 4.90 Å². The molecule has 0 radical (unpaired) electrons. The first kappa shape index (κ1) is 26.9. The van der Waals surface area contributed by atoms with Crippen LogP contribution in [0.2, 0.25) is 0 Å². The highest BCUT2D eigenvalue weighted by molar-refractivity contribution is 4.58. The molecule has 2 nitrogen and oxygen atoms in total. The molecule has 0 saturated heterocycles. The van der Waals surface area contributed by atoms with Crippen LogP contribution in [0.3, 0.4) is 0 Å². The Morgan fingerprint density at radius 2 is 0.704 bits per heavy atom. The Balaban J connectivity index is 3.24. The lowest BCUT2D eigenvalue weighted by Crippen LogP contribution is -2.27. The maximum absolute atomic E-state index is 5.52. The monoisotopic (exact) mass is 382 g/mol. The minimum absolute atomic E-state index is 0.871. The summed E-state index contributed by atoms with van der Waals surface area (Å²) < 4.78 is 0. The van der Waals surface area contributed by atoms with E-state index in [4.69, 9.17) is 5.73 Å². The molecule has 0 aromatic carbocycles. The van der Waals surface area contributed by atoms with Gasteiger partial charge in [-0.1, -0.05) is 110 Å². The van der Waals surface area contributed by atoms with E-state index >= 15 is 0 Å². The van der Waals surface area contributed by atoms with Crippen molar-refractivity contribution in [3.8, 4) is 0 Å². The Kier molecular flexibility index (Phi) is 23.9. The molecule has 164 valence electrons. The van der Waals surface area contributed by atoms with Gasteiger partial charge in [-0.2, -0.15) is 0 Å². The Bertz CT molecular complexity index is 247. The van der Waals surface area contributed by atoms with Gasteiger partial charge < -0.3 is 10.6 Å². The first-order chi connectivity index (χ1) is 13.3. The van der Waals surface area contributed by atoms with Crippen LogP contribution in [0.5, 0.6) is 0 Å². The van der Waals surface area contributed by atoms with E-state index < -0.39 is 0 Å². The molecule has 0 unspecified atom stereocenters. The highest BCUT2D eigenvalue weighted by Gasteiger charge is 2.03. The largest absolute Gasteiger partial charge is 0.330 e. The molecule has 2 N–H and O–H groups in total. The van der Waals surface area contributed by atoms with Crippen LogP contribution in [0.4, 0.5) is 0 Å². The molecule has 27 heavy (non-hydrogen) atoms. The van der Waals surface area contributed by atoms with Crippen LogP contribution in [-0.2, 0) is 0 Å². The summed E-state index contributed by atoms with van der Waals surface area (Å²) in [5, 5.41) is 0. The van der Waals surface area contributed by atoms with Gasteiger partial charge in [-0.15, -0.1) is 0 Å². The van der Waals surface area contributed by atoms with Crippen LogP contribution in [0.25, 0.3) is 0 Å². The van der Waals surface area contributed by atoms with Gasteiger partial charge in [-0.05, 0) is 51.9 Å². The second-order valence-corrected chi connectivity index (χ2v) is 8.64. The van der Waals surface area contributed by atoms with Crippen molar-refractivity contribution in [3.05, 3.63) is 0 Å². The van der Waals surface area contributed by atoms with E-state index in [9.17, 15) is 0 Å². The lowest BCUT2D eigenvalue weighted by atomic mass is 10.0. The zero-order valence-electron chi connectivity index (χ0n) is 19.3. The zero-order chi connectivity index (χ0) is 19.8. The first-order valence-corrected chi connectivity index (χ1v) is 12.8. The van der Waals surface area contributed by atoms with Crippen LogP contribution >= 0.6 is 0 Å². The fourth-order valence-corrected chi connectivity index (χ4v) is 3.88. The van der Waals surface area contributed by atoms with Crippen LogP contribution in [-0.4, -0.2) is 31.1 Å². The maximum atomic E-state index is 5.52. The molecular weight excluding hydrogens is 328 g/mol. The summed E-state index contributed by atoms with van der Waals surface area (Å²) in [5.74, 6) is 0. The van der Waals surface area contributed by atoms with Crippen molar-refractivity contribution < 1.29 is 0 Å². The molecule has 0 aromatic heterocycles. The number of nitrogens with two attached hydrogens (primary N) is 1. The molecule has 0 rings (SSSR count). The highest BCUT2D eigenvalue weighted by Crippen LogP contribution is 2.13. The third-order valence-corrected chi connectivity index (χ3v) is 5.83. The van der Waals surface area contributed by atoms with Crippen LogP contribution in [0, 0.1) is 0 Å². The second-order valence-electron chi connectivity index (χ2n) is 8.64. The fourth-order valence-electron chi connectivity index (χ4n) is 3.88. The van der Waals surface area contributed by atoms with Gasteiger partial charge in [0.2, 0.25) is 0 Å². The Morgan fingerprint density at radius 1 is 0.407 bits per heavy atom. The smallest absolute Gasteiger partial charge is 0.00187 e. The second kappa shape index (κ2) is 24.0. The summed E-state index contributed by atoms with van der Waals surface area (Å²) in [7, 11) is 0. The van der Waals surface area contributed by atoms with Crippen molar-refractivity contribution in [1.29, 1.82) is 0 Å². The van der Waals surface area contributed by atoms with Crippen molar-refractivity contribution in [3.63, 3.8) is 0 Å². The number of rotatable bonds is 23. The fraction of sp³-hybridized carbons (Fsp3) is 1.00. The van der Waals surface area contributed by atoms with Gasteiger partial charge in [-0.25, -0.2) is 0 Å². The van der Waals surface area contributed by atoms with Gasteiger partial charge in [0, 0.05) is 0 Å². The summed E-state index contributed by atoms with van der Waals surface area (Å²) in [4.78, 5) is 2.71. The predicted octanol–water partition coefficient (Wildman–Crippen LogP) is 7.70. The maximum Gasteiger partial charge on any atom is -0.00187 e. The number of hydrogen-bond acceptors (Lipinski definition) is 2. The summed E-state index contributed by atoms with van der Waals surface area (Å²) in [6.07, 6.45) is 26.8. The third kappa shape index (κ3) is 22.1. The standard InChI is InChI=1S/C25H54N2/c1-3-5-23-27(24-6-4-2)25-21-19-17-15-13-11-9-7-8-10-12-14-16-18-20-22-26/h3-26H2,1-2H3. The molecule has 2 heteroatoms. The van der Waals surface area contributed by atoms with Gasteiger partial charge in [0.15, 0.2) is 0 Å². The van der Waals surface area contributed by atoms with Crippen molar-refractivity contribution in [2.24, 2.45) is 5.73 Å². The number of hydrogen-bond donors (Lipinski definition) is 1. The van der Waals surface area contributed by atoms with Crippen LogP contribution < -0.4 is 5.73 Å². The molecule has 0 aliphatic carbocycles. The lowest BCUT2D eigenvalue weighted by molar-refractivity contribution is 0.259. The molecule has 0 amide bonds. The first-order valence-electron chi connectivity index (χ1n) is 12.8. The van der Waals surface area contributed by atoms with Crippen molar-refractivity contribution in [2.75, 3.05) is 26.2 Å².